The molecule has 0 aliphatic carbocycles. The van der Waals surface area contributed by atoms with Crippen molar-refractivity contribution in [2.75, 3.05) is 0 Å². The van der Waals surface area contributed by atoms with Crippen molar-refractivity contribution in [3.8, 4) is 23.3 Å². The maximum atomic E-state index is 12.7. The van der Waals surface area contributed by atoms with E-state index in [1.54, 1.807) is 36.8 Å². The number of hydrogen-bond acceptors (Lipinski definition) is 4. The monoisotopic (exact) mass is 433 g/mol. The molecule has 0 radical (unpaired) electrons. The van der Waals surface area contributed by atoms with E-state index in [0.717, 1.165) is 16.7 Å². The lowest BCUT2D eigenvalue weighted by Crippen LogP contribution is -2.23. The molecule has 2 aromatic heterocycles. The minimum atomic E-state index is -0.156. The average Bonchev–Trinajstić information content (AvgIpc) is 2.85. The van der Waals surface area contributed by atoms with Crippen LogP contribution in [0.1, 0.15) is 32.7 Å². The summed E-state index contributed by atoms with van der Waals surface area (Å²) in [6.45, 7) is 2.31. The molecule has 2 heterocycles. The highest BCUT2D eigenvalue weighted by Gasteiger charge is 2.13. The number of amides is 1. The summed E-state index contributed by atoms with van der Waals surface area (Å²) in [7, 11) is 0. The van der Waals surface area contributed by atoms with Crippen molar-refractivity contribution in [1.82, 2.24) is 15.3 Å². The summed E-state index contributed by atoms with van der Waals surface area (Å²) >= 11 is 0. The second kappa shape index (κ2) is 10.7. The van der Waals surface area contributed by atoms with Gasteiger partial charge in [-0.2, -0.15) is 0 Å². The summed E-state index contributed by atoms with van der Waals surface area (Å²) in [4.78, 5) is 21.0. The topological polar surface area (TPSA) is 64.1 Å². The minimum Gasteiger partial charge on any atom is -0.457 e. The first-order valence-electron chi connectivity index (χ1n) is 10.6. The number of aromatic nitrogens is 2. The van der Waals surface area contributed by atoms with Crippen molar-refractivity contribution in [2.24, 2.45) is 0 Å². The Hall–Kier alpha value is -4.43. The molecule has 4 rings (SSSR count). The van der Waals surface area contributed by atoms with Crippen LogP contribution in [0.25, 0.3) is 0 Å². The van der Waals surface area contributed by atoms with Crippen molar-refractivity contribution in [2.45, 2.75) is 19.9 Å². The van der Waals surface area contributed by atoms with Crippen LogP contribution in [-0.2, 0) is 13.0 Å². The maximum absolute atomic E-state index is 12.7. The largest absolute Gasteiger partial charge is 0.457 e. The highest BCUT2D eigenvalue weighted by Crippen LogP contribution is 2.27. The lowest BCUT2D eigenvalue weighted by Gasteiger charge is -2.13. The number of carbonyl (C=O) groups excluding carboxylic acids is 1. The highest BCUT2D eigenvalue weighted by molar-refractivity contribution is 5.96. The van der Waals surface area contributed by atoms with Gasteiger partial charge in [0.2, 0.25) is 0 Å². The molecular weight excluding hydrogens is 410 g/mol. The predicted octanol–water partition coefficient (Wildman–Crippen LogP) is 5.10. The molecule has 5 heteroatoms. The molecule has 33 heavy (non-hydrogen) atoms. The molecule has 1 amide bonds. The van der Waals surface area contributed by atoms with Crippen molar-refractivity contribution >= 4 is 5.91 Å². The number of nitrogens with one attached hydrogen (secondary N) is 1. The van der Waals surface area contributed by atoms with E-state index in [9.17, 15) is 4.79 Å². The van der Waals surface area contributed by atoms with E-state index in [0.29, 0.717) is 35.7 Å². The Labute approximate surface area is 193 Å². The van der Waals surface area contributed by atoms with Gasteiger partial charge in [0.15, 0.2) is 0 Å². The molecule has 0 unspecified atom stereocenters. The number of hydrogen-bond donors (Lipinski definition) is 1. The van der Waals surface area contributed by atoms with E-state index in [1.807, 2.05) is 61.5 Å². The smallest absolute Gasteiger partial charge is 0.251 e. The molecule has 1 N–H and O–H groups in total. The number of carbonyl (C=O) groups is 1. The van der Waals surface area contributed by atoms with E-state index < -0.39 is 0 Å². The van der Waals surface area contributed by atoms with Gasteiger partial charge in [0, 0.05) is 48.7 Å². The summed E-state index contributed by atoms with van der Waals surface area (Å²) < 4.78 is 6.07. The number of pyridine rings is 2. The van der Waals surface area contributed by atoms with Crippen LogP contribution in [0.2, 0.25) is 0 Å². The Bertz CT molecular complexity index is 1290. The molecule has 0 aliphatic heterocycles. The van der Waals surface area contributed by atoms with Gasteiger partial charge < -0.3 is 10.1 Å². The summed E-state index contributed by atoms with van der Waals surface area (Å²) in [6, 6.07) is 22.8. The third-order valence-corrected chi connectivity index (χ3v) is 5.04. The normalized spacial score (nSPS) is 10.1. The molecule has 0 atom stereocenters. The number of benzene rings is 2. The van der Waals surface area contributed by atoms with Crippen molar-refractivity contribution in [3.63, 3.8) is 0 Å². The fraction of sp³-hybridized carbons (Fsp3) is 0.107. The Morgan fingerprint density at radius 2 is 1.76 bits per heavy atom. The Balaban J connectivity index is 1.44. The molecular formula is C28H23N3O2. The van der Waals surface area contributed by atoms with Crippen LogP contribution >= 0.6 is 0 Å². The van der Waals surface area contributed by atoms with E-state index in [4.69, 9.17) is 4.74 Å². The number of rotatable bonds is 6. The standard InChI is InChI=1S/C28H23N3O2/c1-21-26(28(32)31-20-23-13-16-29-17-14-23)11-6-12-27(21)33-25-15-18-30-24(19-25)10-5-9-22-7-3-2-4-8-22/h2-4,6-8,11-19H,9,20H2,1H3,(H,31,32). The van der Waals surface area contributed by atoms with Crippen LogP contribution in [0.15, 0.2) is 91.4 Å². The molecule has 4 aromatic rings. The van der Waals surface area contributed by atoms with Crippen LogP contribution in [0.4, 0.5) is 0 Å². The summed E-state index contributed by atoms with van der Waals surface area (Å²) in [5.41, 5.74) is 4.11. The van der Waals surface area contributed by atoms with Crippen LogP contribution in [-0.4, -0.2) is 15.9 Å². The van der Waals surface area contributed by atoms with Gasteiger partial charge in [-0.25, -0.2) is 4.98 Å². The first-order chi connectivity index (χ1) is 16.2. The van der Waals surface area contributed by atoms with Crippen LogP contribution in [0.3, 0.4) is 0 Å². The summed E-state index contributed by atoms with van der Waals surface area (Å²) in [6.07, 6.45) is 5.73. The average molecular weight is 434 g/mol. The SMILES string of the molecule is Cc1c(Oc2ccnc(C#CCc3ccccc3)c2)cccc1C(=O)NCc1ccncc1. The molecule has 0 fully saturated rings. The van der Waals surface area contributed by atoms with Crippen molar-refractivity contribution < 1.29 is 9.53 Å². The second-order valence-electron chi connectivity index (χ2n) is 7.41. The lowest BCUT2D eigenvalue weighted by atomic mass is 10.1. The Kier molecular flexibility index (Phi) is 7.09. The molecule has 5 nitrogen and oxygen atoms in total. The van der Waals surface area contributed by atoms with Gasteiger partial charge >= 0.3 is 0 Å². The lowest BCUT2D eigenvalue weighted by molar-refractivity contribution is 0.0950. The summed E-state index contributed by atoms with van der Waals surface area (Å²) in [5, 5.41) is 2.94. The predicted molar refractivity (Wildman–Crippen MR) is 128 cm³/mol. The zero-order chi connectivity index (χ0) is 22.9. The quantitative estimate of drug-likeness (QED) is 0.430. The van der Waals surface area contributed by atoms with Crippen LogP contribution in [0, 0.1) is 18.8 Å². The minimum absolute atomic E-state index is 0.156. The highest BCUT2D eigenvalue weighted by atomic mass is 16.5. The van der Waals surface area contributed by atoms with E-state index >= 15 is 0 Å². The fourth-order valence-electron chi connectivity index (χ4n) is 3.25. The zero-order valence-electron chi connectivity index (χ0n) is 18.3. The molecule has 0 saturated heterocycles. The molecule has 2 aromatic carbocycles. The van der Waals surface area contributed by atoms with Gasteiger partial charge in [0.05, 0.1) is 0 Å². The van der Waals surface area contributed by atoms with Crippen molar-refractivity contribution in [1.29, 1.82) is 0 Å². The first kappa shape index (κ1) is 21.8. The van der Waals surface area contributed by atoms with E-state index in [-0.39, 0.29) is 5.91 Å². The van der Waals surface area contributed by atoms with Gasteiger partial charge in [0.25, 0.3) is 5.91 Å². The number of ether oxygens (including phenoxy) is 1. The maximum Gasteiger partial charge on any atom is 0.251 e. The van der Waals surface area contributed by atoms with Gasteiger partial charge in [-0.3, -0.25) is 9.78 Å². The molecule has 0 bridgehead atoms. The Morgan fingerprint density at radius 3 is 2.58 bits per heavy atom. The van der Waals surface area contributed by atoms with Gasteiger partial charge in [-0.1, -0.05) is 42.3 Å². The number of nitrogens with zero attached hydrogens (tertiary/aromatic N) is 2. The van der Waals surface area contributed by atoms with Crippen LogP contribution in [0.5, 0.6) is 11.5 Å². The molecule has 0 spiro atoms. The van der Waals surface area contributed by atoms with E-state index in [2.05, 4.69) is 27.1 Å². The zero-order valence-corrected chi connectivity index (χ0v) is 18.3. The van der Waals surface area contributed by atoms with Gasteiger partial charge in [-0.05, 0) is 54.3 Å². The van der Waals surface area contributed by atoms with Gasteiger partial charge in [-0.15, -0.1) is 0 Å². The first-order valence-corrected chi connectivity index (χ1v) is 10.6. The third kappa shape index (κ3) is 6.05. The summed E-state index contributed by atoms with van der Waals surface area (Å²) in [5.74, 6) is 7.31. The third-order valence-electron chi connectivity index (χ3n) is 5.04. The molecule has 0 aliphatic rings. The van der Waals surface area contributed by atoms with Crippen LogP contribution < -0.4 is 10.1 Å². The van der Waals surface area contributed by atoms with E-state index in [1.165, 1.54) is 0 Å². The van der Waals surface area contributed by atoms with Crippen molar-refractivity contribution in [3.05, 3.63) is 119 Å². The fourth-order valence-corrected chi connectivity index (χ4v) is 3.25. The molecule has 0 saturated carbocycles. The second-order valence-corrected chi connectivity index (χ2v) is 7.41. The Morgan fingerprint density at radius 1 is 0.939 bits per heavy atom. The van der Waals surface area contributed by atoms with Gasteiger partial charge in [0.1, 0.15) is 17.2 Å². The molecule has 162 valence electrons.